The lowest BCUT2D eigenvalue weighted by Crippen LogP contribution is -2.45. The summed E-state index contributed by atoms with van der Waals surface area (Å²) in [6.45, 7) is 6.89. The number of methoxy groups -OCH3 is 1. The van der Waals surface area contributed by atoms with Crippen LogP contribution in [0.15, 0.2) is 0 Å². The second-order valence-corrected chi connectivity index (χ2v) is 3.44. The van der Waals surface area contributed by atoms with Gasteiger partial charge in [-0.15, -0.1) is 0 Å². The van der Waals surface area contributed by atoms with Crippen molar-refractivity contribution in [2.45, 2.75) is 45.7 Å². The molecule has 0 aromatic carbocycles. The smallest absolute Gasteiger partial charge is 0.323 e. The average molecular weight is 217 g/mol. The minimum absolute atomic E-state index is 0.172. The molecule has 0 aliphatic rings. The Morgan fingerprint density at radius 1 is 1.27 bits per heavy atom. The van der Waals surface area contributed by atoms with Crippen molar-refractivity contribution in [3.05, 3.63) is 0 Å². The Labute approximate surface area is 92.3 Å². The Hall–Kier alpha value is -0.610. The quantitative estimate of drug-likeness (QED) is 0.623. The summed E-state index contributed by atoms with van der Waals surface area (Å²) in [5.41, 5.74) is 0. The molecule has 4 nitrogen and oxygen atoms in total. The third-order valence-electron chi connectivity index (χ3n) is 2.28. The van der Waals surface area contributed by atoms with Crippen molar-refractivity contribution in [1.82, 2.24) is 5.32 Å². The van der Waals surface area contributed by atoms with Gasteiger partial charge in [-0.3, -0.25) is 10.1 Å². The van der Waals surface area contributed by atoms with Crippen LogP contribution in [0.1, 0.15) is 33.6 Å². The number of hydrogen-bond acceptors (Lipinski definition) is 4. The molecule has 0 aliphatic heterocycles. The van der Waals surface area contributed by atoms with Crippen LogP contribution in [0.2, 0.25) is 0 Å². The molecule has 0 rings (SSSR count). The number of carbonyl (C=O) groups is 1. The highest BCUT2D eigenvalue weighted by molar-refractivity contribution is 5.75. The van der Waals surface area contributed by atoms with Gasteiger partial charge in [-0.1, -0.05) is 13.8 Å². The van der Waals surface area contributed by atoms with Crippen LogP contribution in [-0.4, -0.2) is 38.4 Å². The van der Waals surface area contributed by atoms with Crippen molar-refractivity contribution in [2.24, 2.45) is 0 Å². The summed E-state index contributed by atoms with van der Waals surface area (Å²) in [6, 6.07) is -0.00518. The Kier molecular flexibility index (Phi) is 8.33. The fraction of sp³-hybridized carbons (Fsp3) is 0.909. The molecule has 0 fully saturated rings. The third-order valence-corrected chi connectivity index (χ3v) is 2.28. The standard InChI is InChI=1S/C11H23NO3/c1-5-9(8-14-4)12-10(6-2)11(13)15-7-3/h9-10,12H,5-8H2,1-4H3. The summed E-state index contributed by atoms with van der Waals surface area (Å²) >= 11 is 0. The van der Waals surface area contributed by atoms with Crippen molar-refractivity contribution < 1.29 is 14.3 Å². The molecular weight excluding hydrogens is 194 g/mol. The molecule has 0 aromatic heterocycles. The van der Waals surface area contributed by atoms with E-state index in [1.54, 1.807) is 7.11 Å². The van der Waals surface area contributed by atoms with E-state index in [1.807, 2.05) is 13.8 Å². The molecule has 0 saturated carbocycles. The molecular formula is C11H23NO3. The summed E-state index contributed by atoms with van der Waals surface area (Å²) in [5, 5.41) is 3.24. The van der Waals surface area contributed by atoms with Gasteiger partial charge in [-0.25, -0.2) is 0 Å². The van der Waals surface area contributed by atoms with Gasteiger partial charge < -0.3 is 9.47 Å². The molecule has 2 unspecified atom stereocenters. The maximum absolute atomic E-state index is 11.5. The van der Waals surface area contributed by atoms with Crippen molar-refractivity contribution >= 4 is 5.97 Å². The molecule has 0 bridgehead atoms. The lowest BCUT2D eigenvalue weighted by atomic mass is 10.1. The Balaban J connectivity index is 4.10. The predicted octanol–water partition coefficient (Wildman–Crippen LogP) is 1.34. The highest BCUT2D eigenvalue weighted by atomic mass is 16.5. The average Bonchev–Trinajstić information content (AvgIpc) is 2.24. The van der Waals surface area contributed by atoms with Gasteiger partial charge in [0, 0.05) is 13.2 Å². The fourth-order valence-electron chi connectivity index (χ4n) is 1.36. The minimum atomic E-state index is -0.218. The fourth-order valence-corrected chi connectivity index (χ4v) is 1.36. The molecule has 0 aromatic rings. The minimum Gasteiger partial charge on any atom is -0.465 e. The zero-order valence-electron chi connectivity index (χ0n) is 10.2. The normalized spacial score (nSPS) is 14.7. The van der Waals surface area contributed by atoms with E-state index in [2.05, 4.69) is 12.2 Å². The topological polar surface area (TPSA) is 47.6 Å². The van der Waals surface area contributed by atoms with Crippen molar-refractivity contribution in [2.75, 3.05) is 20.3 Å². The molecule has 0 radical (unpaired) electrons. The van der Waals surface area contributed by atoms with Crippen LogP contribution in [0.4, 0.5) is 0 Å². The number of rotatable bonds is 8. The maximum Gasteiger partial charge on any atom is 0.323 e. The Bertz CT molecular complexity index is 173. The van der Waals surface area contributed by atoms with Gasteiger partial charge in [0.05, 0.1) is 13.2 Å². The van der Waals surface area contributed by atoms with Crippen molar-refractivity contribution in [3.8, 4) is 0 Å². The van der Waals surface area contributed by atoms with Crippen LogP contribution in [-0.2, 0) is 14.3 Å². The molecule has 0 spiro atoms. The monoisotopic (exact) mass is 217 g/mol. The van der Waals surface area contributed by atoms with E-state index in [1.165, 1.54) is 0 Å². The third kappa shape index (κ3) is 5.74. The van der Waals surface area contributed by atoms with Gasteiger partial charge in [0.2, 0.25) is 0 Å². The largest absolute Gasteiger partial charge is 0.465 e. The SMILES string of the molecule is CCOC(=O)C(CC)NC(CC)COC. The van der Waals surface area contributed by atoms with Crippen LogP contribution in [0.5, 0.6) is 0 Å². The van der Waals surface area contributed by atoms with E-state index in [-0.39, 0.29) is 18.1 Å². The number of carbonyl (C=O) groups excluding carboxylic acids is 1. The van der Waals surface area contributed by atoms with Gasteiger partial charge in [0.15, 0.2) is 0 Å². The van der Waals surface area contributed by atoms with Crippen LogP contribution in [0, 0.1) is 0 Å². The van der Waals surface area contributed by atoms with Gasteiger partial charge >= 0.3 is 5.97 Å². The van der Waals surface area contributed by atoms with E-state index in [0.29, 0.717) is 13.2 Å². The number of ether oxygens (including phenoxy) is 2. The molecule has 90 valence electrons. The molecule has 0 amide bonds. The number of hydrogen-bond donors (Lipinski definition) is 1. The van der Waals surface area contributed by atoms with Crippen LogP contribution >= 0.6 is 0 Å². The molecule has 4 heteroatoms. The lowest BCUT2D eigenvalue weighted by molar-refractivity contribution is -0.146. The van der Waals surface area contributed by atoms with Crippen LogP contribution in [0.3, 0.4) is 0 Å². The highest BCUT2D eigenvalue weighted by Crippen LogP contribution is 2.00. The van der Waals surface area contributed by atoms with Gasteiger partial charge in [-0.2, -0.15) is 0 Å². The predicted molar refractivity (Wildman–Crippen MR) is 59.8 cm³/mol. The number of esters is 1. The van der Waals surface area contributed by atoms with Gasteiger partial charge in [0.1, 0.15) is 6.04 Å². The van der Waals surface area contributed by atoms with Gasteiger partial charge in [-0.05, 0) is 19.8 Å². The molecule has 0 aliphatic carbocycles. The van der Waals surface area contributed by atoms with E-state index in [0.717, 1.165) is 12.8 Å². The van der Waals surface area contributed by atoms with Crippen molar-refractivity contribution in [3.63, 3.8) is 0 Å². The van der Waals surface area contributed by atoms with Gasteiger partial charge in [0.25, 0.3) is 0 Å². The summed E-state index contributed by atoms with van der Waals surface area (Å²) in [7, 11) is 1.66. The van der Waals surface area contributed by atoms with E-state index in [4.69, 9.17) is 9.47 Å². The molecule has 2 atom stereocenters. The Morgan fingerprint density at radius 2 is 1.93 bits per heavy atom. The number of nitrogens with one attached hydrogen (secondary N) is 1. The first kappa shape index (κ1) is 14.4. The Morgan fingerprint density at radius 3 is 2.33 bits per heavy atom. The van der Waals surface area contributed by atoms with Crippen LogP contribution in [0.25, 0.3) is 0 Å². The summed E-state index contributed by atoms with van der Waals surface area (Å²) in [6.07, 6.45) is 1.67. The van der Waals surface area contributed by atoms with E-state index < -0.39 is 0 Å². The second-order valence-electron chi connectivity index (χ2n) is 3.44. The summed E-state index contributed by atoms with van der Waals surface area (Å²) in [4.78, 5) is 11.5. The van der Waals surface area contributed by atoms with Crippen LogP contribution < -0.4 is 5.32 Å². The molecule has 0 heterocycles. The van der Waals surface area contributed by atoms with Crippen molar-refractivity contribution in [1.29, 1.82) is 0 Å². The summed E-state index contributed by atoms with van der Waals surface area (Å²) in [5.74, 6) is -0.172. The molecule has 0 saturated heterocycles. The zero-order valence-corrected chi connectivity index (χ0v) is 10.2. The first-order chi connectivity index (χ1) is 7.19. The van der Waals surface area contributed by atoms with E-state index in [9.17, 15) is 4.79 Å². The van der Waals surface area contributed by atoms with E-state index >= 15 is 0 Å². The highest BCUT2D eigenvalue weighted by Gasteiger charge is 2.20. The first-order valence-electron chi connectivity index (χ1n) is 5.61. The summed E-state index contributed by atoms with van der Waals surface area (Å²) < 4.78 is 10.0. The molecule has 15 heavy (non-hydrogen) atoms. The zero-order chi connectivity index (χ0) is 11.7. The second kappa shape index (κ2) is 8.68. The first-order valence-corrected chi connectivity index (χ1v) is 5.61. The maximum atomic E-state index is 11.5. The lowest BCUT2D eigenvalue weighted by Gasteiger charge is -2.22. The molecule has 1 N–H and O–H groups in total.